The molecule has 0 aliphatic heterocycles. The van der Waals surface area contributed by atoms with E-state index in [4.69, 9.17) is 34.8 Å². The van der Waals surface area contributed by atoms with Gasteiger partial charge in [-0.05, 0) is 41.8 Å². The van der Waals surface area contributed by atoms with Gasteiger partial charge in [-0.3, -0.25) is 4.79 Å². The van der Waals surface area contributed by atoms with Crippen LogP contribution in [0.2, 0.25) is 15.1 Å². The van der Waals surface area contributed by atoms with Crippen LogP contribution in [0.3, 0.4) is 0 Å². The van der Waals surface area contributed by atoms with Gasteiger partial charge in [0.15, 0.2) is 5.78 Å². The number of aromatic nitrogens is 1. The van der Waals surface area contributed by atoms with E-state index in [-0.39, 0.29) is 12.3 Å². The quantitative estimate of drug-likeness (QED) is 0.579. The third kappa shape index (κ3) is 2.93. The number of hydrogen-bond acceptors (Lipinski definition) is 1. The first-order valence-electron chi connectivity index (χ1n) is 6.27. The minimum absolute atomic E-state index is 0.0749. The lowest BCUT2D eigenvalue weighted by atomic mass is 10.1. The van der Waals surface area contributed by atoms with E-state index >= 15 is 0 Å². The molecule has 0 saturated carbocycles. The van der Waals surface area contributed by atoms with Crippen molar-refractivity contribution in [2.45, 2.75) is 6.54 Å². The predicted molar refractivity (Wildman–Crippen MR) is 87.7 cm³/mol. The Morgan fingerprint density at radius 1 is 0.952 bits per heavy atom. The summed E-state index contributed by atoms with van der Waals surface area (Å²) in [5.74, 6) is -0.0749. The summed E-state index contributed by atoms with van der Waals surface area (Å²) in [6.07, 6.45) is 1.86. The molecule has 2 nitrogen and oxygen atoms in total. The molecule has 0 N–H and O–H groups in total. The average Bonchev–Trinajstić information content (AvgIpc) is 2.81. The van der Waals surface area contributed by atoms with Crippen LogP contribution in [0.25, 0.3) is 10.9 Å². The fraction of sp³-hybridized carbons (Fsp3) is 0.0625. The lowest BCUT2D eigenvalue weighted by Gasteiger charge is -2.07. The zero-order chi connectivity index (χ0) is 15.0. The molecule has 3 rings (SSSR count). The molecule has 0 spiro atoms. The Morgan fingerprint density at radius 3 is 2.43 bits per heavy atom. The third-order valence-electron chi connectivity index (χ3n) is 3.28. The number of halogens is 3. The fourth-order valence-electron chi connectivity index (χ4n) is 2.25. The molecule has 0 atom stereocenters. The van der Waals surface area contributed by atoms with Gasteiger partial charge >= 0.3 is 0 Å². The number of ketones is 1. The van der Waals surface area contributed by atoms with Crippen molar-refractivity contribution in [2.75, 3.05) is 0 Å². The summed E-state index contributed by atoms with van der Waals surface area (Å²) in [6, 6.07) is 12.4. The van der Waals surface area contributed by atoms with Gasteiger partial charge in [-0.2, -0.15) is 0 Å². The van der Waals surface area contributed by atoms with Crippen molar-refractivity contribution in [1.82, 2.24) is 4.57 Å². The third-order valence-corrected chi connectivity index (χ3v) is 4.06. The Hall–Kier alpha value is -1.48. The fourth-order valence-corrected chi connectivity index (χ4v) is 2.93. The van der Waals surface area contributed by atoms with Gasteiger partial charge in [0.2, 0.25) is 0 Å². The number of rotatable bonds is 3. The van der Waals surface area contributed by atoms with Crippen LogP contribution in [0.5, 0.6) is 0 Å². The molecule has 106 valence electrons. The SMILES string of the molecule is O=C(Cn1ccc2ccc(Cl)cc21)c1ccc(Cl)cc1Cl. The van der Waals surface area contributed by atoms with Gasteiger partial charge in [0.25, 0.3) is 0 Å². The second-order valence-corrected chi connectivity index (χ2v) is 5.97. The first-order valence-corrected chi connectivity index (χ1v) is 7.40. The highest BCUT2D eigenvalue weighted by molar-refractivity contribution is 6.36. The standard InChI is InChI=1S/C16H10Cl3NO/c17-11-3-4-13(14(19)7-11)16(21)9-20-6-5-10-1-2-12(18)8-15(10)20/h1-8H,9H2. The smallest absolute Gasteiger partial charge is 0.183 e. The molecular formula is C16H10Cl3NO. The summed E-state index contributed by atoms with van der Waals surface area (Å²) >= 11 is 17.9. The molecule has 3 aromatic rings. The maximum atomic E-state index is 12.4. The van der Waals surface area contributed by atoms with Gasteiger partial charge in [-0.15, -0.1) is 0 Å². The number of nitrogens with zero attached hydrogens (tertiary/aromatic N) is 1. The average molecular weight is 339 g/mol. The van der Waals surface area contributed by atoms with Crippen molar-refractivity contribution < 1.29 is 4.79 Å². The zero-order valence-corrected chi connectivity index (χ0v) is 13.1. The number of Topliss-reactive ketones (excluding diaryl/α,β-unsaturated/α-hetero) is 1. The van der Waals surface area contributed by atoms with Crippen molar-refractivity contribution in [3.63, 3.8) is 0 Å². The summed E-state index contributed by atoms with van der Waals surface area (Å²) in [7, 11) is 0. The molecule has 0 bridgehead atoms. The molecular weight excluding hydrogens is 329 g/mol. The predicted octanol–water partition coefficient (Wildman–Crippen LogP) is 5.48. The molecule has 0 unspecified atom stereocenters. The Morgan fingerprint density at radius 2 is 1.67 bits per heavy atom. The molecule has 1 aromatic heterocycles. The molecule has 2 aromatic carbocycles. The molecule has 1 heterocycles. The van der Waals surface area contributed by atoms with Crippen molar-refractivity contribution in [3.8, 4) is 0 Å². The molecule has 0 aliphatic rings. The molecule has 0 radical (unpaired) electrons. The van der Waals surface area contributed by atoms with Crippen LogP contribution in [0.15, 0.2) is 48.7 Å². The lowest BCUT2D eigenvalue weighted by Crippen LogP contribution is -2.10. The van der Waals surface area contributed by atoms with Crippen molar-refractivity contribution in [1.29, 1.82) is 0 Å². The molecule has 21 heavy (non-hydrogen) atoms. The largest absolute Gasteiger partial charge is 0.340 e. The van der Waals surface area contributed by atoms with Crippen LogP contribution < -0.4 is 0 Å². The topological polar surface area (TPSA) is 22.0 Å². The number of carbonyl (C=O) groups is 1. The molecule has 0 fully saturated rings. The molecule has 0 aliphatic carbocycles. The summed E-state index contributed by atoms with van der Waals surface area (Å²) in [6.45, 7) is 0.200. The van der Waals surface area contributed by atoms with Crippen LogP contribution in [-0.2, 0) is 6.54 Å². The number of benzene rings is 2. The van der Waals surface area contributed by atoms with E-state index in [2.05, 4.69) is 0 Å². The number of fused-ring (bicyclic) bond motifs is 1. The zero-order valence-electron chi connectivity index (χ0n) is 10.8. The van der Waals surface area contributed by atoms with Crippen LogP contribution in [0.4, 0.5) is 0 Å². The van der Waals surface area contributed by atoms with E-state index in [9.17, 15) is 4.79 Å². The van der Waals surface area contributed by atoms with E-state index in [0.29, 0.717) is 20.6 Å². The van der Waals surface area contributed by atoms with E-state index < -0.39 is 0 Å². The molecule has 0 saturated heterocycles. The highest BCUT2D eigenvalue weighted by Crippen LogP contribution is 2.24. The summed E-state index contributed by atoms with van der Waals surface area (Å²) in [5, 5.41) is 2.55. The van der Waals surface area contributed by atoms with Crippen molar-refractivity contribution in [3.05, 3.63) is 69.3 Å². The monoisotopic (exact) mass is 337 g/mol. The Balaban J connectivity index is 1.94. The minimum Gasteiger partial charge on any atom is -0.340 e. The Bertz CT molecular complexity index is 839. The second kappa shape index (κ2) is 5.72. The minimum atomic E-state index is -0.0749. The van der Waals surface area contributed by atoms with Crippen LogP contribution >= 0.6 is 34.8 Å². The van der Waals surface area contributed by atoms with Crippen molar-refractivity contribution in [2.24, 2.45) is 0 Å². The highest BCUT2D eigenvalue weighted by atomic mass is 35.5. The van der Waals surface area contributed by atoms with Gasteiger partial charge in [-0.25, -0.2) is 0 Å². The first-order chi connectivity index (χ1) is 10.0. The number of carbonyl (C=O) groups excluding carboxylic acids is 1. The van der Waals surface area contributed by atoms with E-state index in [1.165, 1.54) is 0 Å². The van der Waals surface area contributed by atoms with Gasteiger partial charge in [0.1, 0.15) is 0 Å². The van der Waals surface area contributed by atoms with E-state index in [1.807, 2.05) is 35.0 Å². The Kier molecular flexibility index (Phi) is 3.94. The summed E-state index contributed by atoms with van der Waals surface area (Å²) in [5.41, 5.74) is 1.38. The Labute approximate surface area is 136 Å². The number of hydrogen-bond donors (Lipinski definition) is 0. The van der Waals surface area contributed by atoms with Gasteiger partial charge < -0.3 is 4.57 Å². The molecule has 5 heteroatoms. The van der Waals surface area contributed by atoms with E-state index in [0.717, 1.165) is 10.9 Å². The first kappa shape index (κ1) is 14.5. The van der Waals surface area contributed by atoms with E-state index in [1.54, 1.807) is 18.2 Å². The van der Waals surface area contributed by atoms with Crippen LogP contribution in [0, 0.1) is 0 Å². The van der Waals surface area contributed by atoms with Gasteiger partial charge in [0.05, 0.1) is 11.6 Å². The van der Waals surface area contributed by atoms with Crippen LogP contribution in [0.1, 0.15) is 10.4 Å². The summed E-state index contributed by atoms with van der Waals surface area (Å²) in [4.78, 5) is 12.4. The lowest BCUT2D eigenvalue weighted by molar-refractivity contribution is 0.0974. The summed E-state index contributed by atoms with van der Waals surface area (Å²) < 4.78 is 1.86. The van der Waals surface area contributed by atoms with Crippen molar-refractivity contribution >= 4 is 51.5 Å². The molecule has 0 amide bonds. The maximum absolute atomic E-state index is 12.4. The normalized spacial score (nSPS) is 11.0. The van der Waals surface area contributed by atoms with Crippen LogP contribution in [-0.4, -0.2) is 10.4 Å². The maximum Gasteiger partial charge on any atom is 0.183 e. The van der Waals surface area contributed by atoms with Gasteiger partial charge in [0, 0.05) is 27.3 Å². The second-order valence-electron chi connectivity index (χ2n) is 4.69. The van der Waals surface area contributed by atoms with Gasteiger partial charge in [-0.1, -0.05) is 40.9 Å². The highest BCUT2D eigenvalue weighted by Gasteiger charge is 2.12.